The smallest absolute Gasteiger partial charge is 0.341 e. The van der Waals surface area contributed by atoms with Crippen LogP contribution in [0.2, 0.25) is 0 Å². The minimum Gasteiger partial charge on any atom is -0.497 e. The summed E-state index contributed by atoms with van der Waals surface area (Å²) in [5.41, 5.74) is 3.73. The molecular formula is C25H25N3O4S2. The third-order valence-corrected chi connectivity index (χ3v) is 7.93. The van der Waals surface area contributed by atoms with Crippen molar-refractivity contribution in [3.63, 3.8) is 0 Å². The molecule has 34 heavy (non-hydrogen) atoms. The van der Waals surface area contributed by atoms with E-state index < -0.39 is 0 Å². The quantitative estimate of drug-likeness (QED) is 0.341. The van der Waals surface area contributed by atoms with Gasteiger partial charge in [0.2, 0.25) is 0 Å². The molecule has 176 valence electrons. The van der Waals surface area contributed by atoms with E-state index in [0.717, 1.165) is 46.8 Å². The summed E-state index contributed by atoms with van der Waals surface area (Å²) in [5, 5.41) is 4.85. The second kappa shape index (κ2) is 9.61. The van der Waals surface area contributed by atoms with Gasteiger partial charge in [-0.05, 0) is 23.6 Å². The Labute approximate surface area is 205 Å². The van der Waals surface area contributed by atoms with Crippen molar-refractivity contribution in [2.75, 3.05) is 33.2 Å². The van der Waals surface area contributed by atoms with Crippen molar-refractivity contribution < 1.29 is 19.0 Å². The number of rotatable bonds is 7. The van der Waals surface area contributed by atoms with E-state index in [1.807, 2.05) is 18.2 Å². The minimum atomic E-state index is -0.322. The summed E-state index contributed by atoms with van der Waals surface area (Å²) in [6, 6.07) is 14.2. The van der Waals surface area contributed by atoms with E-state index >= 15 is 0 Å². The molecule has 4 aromatic rings. The van der Waals surface area contributed by atoms with Crippen LogP contribution in [0.1, 0.15) is 26.4 Å². The molecule has 0 amide bonds. The molecule has 3 heterocycles. The molecule has 2 aromatic carbocycles. The van der Waals surface area contributed by atoms with E-state index in [9.17, 15) is 4.79 Å². The Balaban J connectivity index is 1.46. The Hall–Kier alpha value is -3.14. The summed E-state index contributed by atoms with van der Waals surface area (Å²) in [7, 11) is 4.67. The molecule has 1 aliphatic heterocycles. The van der Waals surface area contributed by atoms with Gasteiger partial charge in [0.1, 0.15) is 22.0 Å². The van der Waals surface area contributed by atoms with E-state index in [-0.39, 0.29) is 5.97 Å². The van der Waals surface area contributed by atoms with E-state index in [4.69, 9.17) is 19.2 Å². The zero-order chi connectivity index (χ0) is 23.7. The van der Waals surface area contributed by atoms with Crippen molar-refractivity contribution in [3.8, 4) is 11.5 Å². The van der Waals surface area contributed by atoms with Crippen LogP contribution in [0.25, 0.3) is 10.2 Å². The number of nitrogens with zero attached hydrogens (tertiary/aromatic N) is 2. The van der Waals surface area contributed by atoms with Gasteiger partial charge < -0.3 is 19.5 Å². The standard InChI is InChI=1S/C25H25N3O4S2/c1-30-16-11-18(31-2)22-19(12-16)34-25(26-22)27-23-21(24(29)32-3)17-9-10-28(14-20(17)33-23)13-15-7-5-4-6-8-15/h4-8,11-12H,9-10,13-14H2,1-3H3,(H,26,27). The number of benzene rings is 2. The number of ether oxygens (including phenoxy) is 3. The highest BCUT2D eigenvalue weighted by Crippen LogP contribution is 2.42. The van der Waals surface area contributed by atoms with Crippen LogP contribution in [0.5, 0.6) is 11.5 Å². The van der Waals surface area contributed by atoms with Gasteiger partial charge in [-0.1, -0.05) is 41.7 Å². The van der Waals surface area contributed by atoms with Gasteiger partial charge >= 0.3 is 5.97 Å². The predicted molar refractivity (Wildman–Crippen MR) is 136 cm³/mol. The molecule has 5 rings (SSSR count). The fraction of sp³-hybridized carbons (Fsp3) is 0.280. The van der Waals surface area contributed by atoms with Crippen LogP contribution in [0.4, 0.5) is 10.1 Å². The molecule has 2 aromatic heterocycles. The molecule has 0 fully saturated rings. The number of fused-ring (bicyclic) bond motifs is 2. The third kappa shape index (κ3) is 4.34. The van der Waals surface area contributed by atoms with Crippen LogP contribution in [-0.4, -0.2) is 43.7 Å². The number of thiazole rings is 1. The molecule has 7 nitrogen and oxygen atoms in total. The van der Waals surface area contributed by atoms with Crippen LogP contribution in [-0.2, 0) is 24.2 Å². The average molecular weight is 496 g/mol. The Morgan fingerprint density at radius 1 is 1.12 bits per heavy atom. The molecule has 0 unspecified atom stereocenters. The number of hydrogen-bond acceptors (Lipinski definition) is 9. The number of aromatic nitrogens is 1. The van der Waals surface area contributed by atoms with E-state index in [1.165, 1.54) is 28.9 Å². The van der Waals surface area contributed by atoms with Crippen molar-refractivity contribution in [1.29, 1.82) is 0 Å². The summed E-state index contributed by atoms with van der Waals surface area (Å²) >= 11 is 3.09. The SMILES string of the molecule is COC(=O)c1c(Nc2nc3c(OC)cc(OC)cc3s2)sc2c1CCN(Cc1ccccc1)C2. The first kappa shape index (κ1) is 22.6. The monoisotopic (exact) mass is 495 g/mol. The van der Waals surface area contributed by atoms with Crippen LogP contribution in [0.15, 0.2) is 42.5 Å². The number of thiophene rings is 1. The summed E-state index contributed by atoms with van der Waals surface area (Å²) in [5.74, 6) is 1.03. The number of carbonyl (C=O) groups excluding carboxylic acids is 1. The lowest BCUT2D eigenvalue weighted by atomic mass is 10.0. The van der Waals surface area contributed by atoms with Crippen LogP contribution in [0.3, 0.4) is 0 Å². The van der Waals surface area contributed by atoms with Crippen LogP contribution >= 0.6 is 22.7 Å². The Kier molecular flexibility index (Phi) is 6.40. The Bertz CT molecular complexity index is 1330. The normalized spacial score (nSPS) is 13.5. The first-order chi connectivity index (χ1) is 16.6. The van der Waals surface area contributed by atoms with Gasteiger partial charge in [-0.15, -0.1) is 11.3 Å². The van der Waals surface area contributed by atoms with Gasteiger partial charge in [-0.3, -0.25) is 4.90 Å². The predicted octanol–water partition coefficient (Wildman–Crippen LogP) is 5.46. The molecule has 0 aliphatic carbocycles. The maximum absolute atomic E-state index is 12.8. The number of hydrogen-bond donors (Lipinski definition) is 1. The van der Waals surface area contributed by atoms with Gasteiger partial charge in [0, 0.05) is 30.6 Å². The molecule has 0 spiro atoms. The number of esters is 1. The summed E-state index contributed by atoms with van der Waals surface area (Å²) < 4.78 is 17.0. The number of carbonyl (C=O) groups is 1. The summed E-state index contributed by atoms with van der Waals surface area (Å²) in [6.45, 7) is 2.57. The van der Waals surface area contributed by atoms with Crippen LogP contribution < -0.4 is 14.8 Å². The minimum absolute atomic E-state index is 0.322. The molecule has 0 saturated carbocycles. The maximum Gasteiger partial charge on any atom is 0.341 e. The Morgan fingerprint density at radius 3 is 2.68 bits per heavy atom. The van der Waals surface area contributed by atoms with Crippen molar-refractivity contribution in [2.24, 2.45) is 0 Å². The largest absolute Gasteiger partial charge is 0.497 e. The van der Waals surface area contributed by atoms with Crippen molar-refractivity contribution in [3.05, 3.63) is 64.0 Å². The second-order valence-corrected chi connectivity index (χ2v) is 10.1. The number of anilines is 2. The highest BCUT2D eigenvalue weighted by atomic mass is 32.1. The highest BCUT2D eigenvalue weighted by Gasteiger charge is 2.29. The fourth-order valence-electron chi connectivity index (χ4n) is 4.24. The van der Waals surface area contributed by atoms with Gasteiger partial charge in [0.15, 0.2) is 5.13 Å². The van der Waals surface area contributed by atoms with E-state index in [2.05, 4.69) is 34.5 Å². The lowest BCUT2D eigenvalue weighted by Crippen LogP contribution is -2.29. The third-order valence-electron chi connectivity index (χ3n) is 5.88. The molecular weight excluding hydrogens is 470 g/mol. The first-order valence-electron chi connectivity index (χ1n) is 10.9. The van der Waals surface area contributed by atoms with Gasteiger partial charge in [0.25, 0.3) is 0 Å². The van der Waals surface area contributed by atoms with E-state index in [0.29, 0.717) is 22.2 Å². The Morgan fingerprint density at radius 2 is 1.94 bits per heavy atom. The molecule has 9 heteroatoms. The van der Waals surface area contributed by atoms with Crippen molar-refractivity contribution in [1.82, 2.24) is 9.88 Å². The summed E-state index contributed by atoms with van der Waals surface area (Å²) in [4.78, 5) is 21.1. The maximum atomic E-state index is 12.8. The lowest BCUT2D eigenvalue weighted by molar-refractivity contribution is 0.0600. The second-order valence-electron chi connectivity index (χ2n) is 7.97. The number of nitrogens with one attached hydrogen (secondary N) is 1. The van der Waals surface area contributed by atoms with Gasteiger partial charge in [0.05, 0.1) is 31.6 Å². The van der Waals surface area contributed by atoms with E-state index in [1.54, 1.807) is 25.6 Å². The van der Waals surface area contributed by atoms with Crippen LogP contribution in [0, 0.1) is 0 Å². The number of methoxy groups -OCH3 is 3. The molecule has 1 N–H and O–H groups in total. The molecule has 0 radical (unpaired) electrons. The molecule has 1 aliphatic rings. The summed E-state index contributed by atoms with van der Waals surface area (Å²) in [6.07, 6.45) is 0.801. The lowest BCUT2D eigenvalue weighted by Gasteiger charge is -2.27. The molecule has 0 atom stereocenters. The zero-order valence-electron chi connectivity index (χ0n) is 19.2. The topological polar surface area (TPSA) is 72.9 Å². The molecule has 0 saturated heterocycles. The highest BCUT2D eigenvalue weighted by molar-refractivity contribution is 7.23. The van der Waals surface area contributed by atoms with Gasteiger partial charge in [-0.25, -0.2) is 9.78 Å². The van der Waals surface area contributed by atoms with Crippen molar-refractivity contribution in [2.45, 2.75) is 19.5 Å². The molecule has 0 bridgehead atoms. The van der Waals surface area contributed by atoms with Gasteiger partial charge in [-0.2, -0.15) is 0 Å². The first-order valence-corrected chi connectivity index (χ1v) is 12.5. The van der Waals surface area contributed by atoms with Crippen molar-refractivity contribution >= 4 is 49.0 Å². The average Bonchev–Trinajstić information content (AvgIpc) is 3.43. The fourth-order valence-corrected chi connectivity index (χ4v) is 6.50. The zero-order valence-corrected chi connectivity index (χ0v) is 20.8.